The normalized spacial score (nSPS) is 12.5. The minimum absolute atomic E-state index is 0.0478. The molecule has 1 amide bonds. The van der Waals surface area contributed by atoms with Gasteiger partial charge in [-0.2, -0.15) is 0 Å². The third-order valence-corrected chi connectivity index (χ3v) is 4.07. The standard InChI is InChI=1S/C19H27N5O3/c1-6-14(2)23(12-18(26)27-19(3,4)5)17(25)11-15-7-9-16(10-8-15)24-13-20-21-22-24/h7-10,13-14H,6,11-12H2,1-5H3. The molecule has 2 rings (SSSR count). The van der Waals surface area contributed by atoms with E-state index in [0.717, 1.165) is 17.7 Å². The number of hydrogen-bond donors (Lipinski definition) is 0. The van der Waals surface area contributed by atoms with Gasteiger partial charge in [0, 0.05) is 6.04 Å². The Bertz CT molecular complexity index is 751. The fraction of sp³-hybridized carbons (Fsp3) is 0.526. The molecule has 0 fully saturated rings. The van der Waals surface area contributed by atoms with Crippen LogP contribution in [0, 0.1) is 0 Å². The number of aromatic nitrogens is 4. The van der Waals surface area contributed by atoms with Gasteiger partial charge in [0.05, 0.1) is 12.1 Å². The molecule has 1 atom stereocenters. The Labute approximate surface area is 159 Å². The van der Waals surface area contributed by atoms with Gasteiger partial charge in [-0.3, -0.25) is 9.59 Å². The molecular formula is C19H27N5O3. The first-order valence-electron chi connectivity index (χ1n) is 9.03. The maximum atomic E-state index is 12.8. The number of carbonyl (C=O) groups is 2. The summed E-state index contributed by atoms with van der Waals surface area (Å²) in [5.41, 5.74) is 1.09. The van der Waals surface area contributed by atoms with Gasteiger partial charge in [-0.1, -0.05) is 19.1 Å². The van der Waals surface area contributed by atoms with Crippen molar-refractivity contribution in [2.75, 3.05) is 6.54 Å². The molecule has 0 saturated heterocycles. The van der Waals surface area contributed by atoms with Crippen molar-refractivity contribution in [1.29, 1.82) is 0 Å². The van der Waals surface area contributed by atoms with Crippen molar-refractivity contribution in [1.82, 2.24) is 25.1 Å². The highest BCUT2D eigenvalue weighted by Gasteiger charge is 2.25. The molecule has 146 valence electrons. The van der Waals surface area contributed by atoms with Crippen LogP contribution in [0.1, 0.15) is 46.6 Å². The number of carbonyl (C=O) groups excluding carboxylic acids is 2. The fourth-order valence-electron chi connectivity index (χ4n) is 2.55. The number of amides is 1. The number of tetrazole rings is 1. The van der Waals surface area contributed by atoms with Gasteiger partial charge in [0.25, 0.3) is 0 Å². The monoisotopic (exact) mass is 373 g/mol. The van der Waals surface area contributed by atoms with Gasteiger partial charge in [0.1, 0.15) is 18.5 Å². The molecule has 0 N–H and O–H groups in total. The molecule has 0 spiro atoms. The van der Waals surface area contributed by atoms with E-state index in [2.05, 4.69) is 15.5 Å². The Morgan fingerprint density at radius 2 is 1.89 bits per heavy atom. The third-order valence-electron chi connectivity index (χ3n) is 4.07. The molecule has 1 heterocycles. The van der Waals surface area contributed by atoms with Crippen LogP contribution < -0.4 is 0 Å². The summed E-state index contributed by atoms with van der Waals surface area (Å²) in [6.45, 7) is 9.31. The Balaban J connectivity index is 2.05. The summed E-state index contributed by atoms with van der Waals surface area (Å²) in [4.78, 5) is 26.6. The molecule has 0 aliphatic rings. The van der Waals surface area contributed by atoms with Crippen molar-refractivity contribution >= 4 is 11.9 Å². The average Bonchev–Trinajstić information content (AvgIpc) is 3.12. The van der Waals surface area contributed by atoms with Gasteiger partial charge in [-0.05, 0) is 62.2 Å². The maximum Gasteiger partial charge on any atom is 0.326 e. The lowest BCUT2D eigenvalue weighted by Crippen LogP contribution is -2.44. The molecule has 1 unspecified atom stereocenters. The molecule has 0 aliphatic heterocycles. The van der Waals surface area contributed by atoms with Crippen LogP contribution in [-0.4, -0.2) is 55.2 Å². The second kappa shape index (κ2) is 8.75. The molecule has 1 aromatic heterocycles. The molecule has 8 nitrogen and oxygen atoms in total. The Hall–Kier alpha value is -2.77. The van der Waals surface area contributed by atoms with Crippen LogP contribution in [0.25, 0.3) is 5.69 Å². The number of hydrogen-bond acceptors (Lipinski definition) is 6. The Morgan fingerprint density at radius 3 is 2.41 bits per heavy atom. The first kappa shape index (κ1) is 20.5. The third kappa shape index (κ3) is 6.16. The van der Waals surface area contributed by atoms with Crippen LogP contribution in [0.5, 0.6) is 0 Å². The molecule has 0 radical (unpaired) electrons. The summed E-state index contributed by atoms with van der Waals surface area (Å²) in [6.07, 6.45) is 2.47. The van der Waals surface area contributed by atoms with Crippen LogP contribution in [0.2, 0.25) is 0 Å². The van der Waals surface area contributed by atoms with Gasteiger partial charge in [0.2, 0.25) is 5.91 Å². The highest BCUT2D eigenvalue weighted by molar-refractivity contribution is 5.84. The predicted octanol–water partition coefficient (Wildman–Crippen LogP) is 2.17. The minimum Gasteiger partial charge on any atom is -0.459 e. The zero-order valence-corrected chi connectivity index (χ0v) is 16.5. The van der Waals surface area contributed by atoms with E-state index in [1.165, 1.54) is 6.33 Å². The first-order valence-corrected chi connectivity index (χ1v) is 9.03. The molecular weight excluding hydrogens is 346 g/mol. The predicted molar refractivity (Wildman–Crippen MR) is 100 cm³/mol. The van der Waals surface area contributed by atoms with E-state index in [-0.39, 0.29) is 24.9 Å². The van der Waals surface area contributed by atoms with Crippen molar-refractivity contribution in [2.24, 2.45) is 0 Å². The molecule has 8 heteroatoms. The van der Waals surface area contributed by atoms with E-state index in [1.807, 2.05) is 58.9 Å². The average molecular weight is 373 g/mol. The van der Waals surface area contributed by atoms with E-state index < -0.39 is 11.6 Å². The quantitative estimate of drug-likeness (QED) is 0.691. The van der Waals surface area contributed by atoms with E-state index in [9.17, 15) is 9.59 Å². The van der Waals surface area contributed by atoms with E-state index in [1.54, 1.807) is 9.58 Å². The molecule has 0 saturated carbocycles. The lowest BCUT2D eigenvalue weighted by molar-refractivity contribution is -0.159. The first-order chi connectivity index (χ1) is 12.7. The second-order valence-corrected chi connectivity index (χ2v) is 7.46. The zero-order valence-electron chi connectivity index (χ0n) is 16.5. The van der Waals surface area contributed by atoms with Crippen molar-refractivity contribution in [3.8, 4) is 5.69 Å². The largest absolute Gasteiger partial charge is 0.459 e. The van der Waals surface area contributed by atoms with Crippen LogP contribution in [0.4, 0.5) is 0 Å². The number of esters is 1. The molecule has 27 heavy (non-hydrogen) atoms. The summed E-state index contributed by atoms with van der Waals surface area (Å²) in [7, 11) is 0. The SMILES string of the molecule is CCC(C)N(CC(=O)OC(C)(C)C)C(=O)Cc1ccc(-n2cnnn2)cc1. The van der Waals surface area contributed by atoms with Gasteiger partial charge >= 0.3 is 5.97 Å². The molecule has 0 aliphatic carbocycles. The Kier molecular flexibility index (Phi) is 6.65. The van der Waals surface area contributed by atoms with Crippen molar-refractivity contribution in [2.45, 2.75) is 59.1 Å². The van der Waals surface area contributed by atoms with E-state index in [0.29, 0.717) is 0 Å². The molecule has 2 aromatic rings. The number of nitrogens with zero attached hydrogens (tertiary/aromatic N) is 5. The van der Waals surface area contributed by atoms with Crippen LogP contribution in [0.15, 0.2) is 30.6 Å². The lowest BCUT2D eigenvalue weighted by atomic mass is 10.1. The van der Waals surface area contributed by atoms with Crippen LogP contribution >= 0.6 is 0 Å². The number of rotatable bonds is 7. The van der Waals surface area contributed by atoms with Crippen molar-refractivity contribution < 1.29 is 14.3 Å². The summed E-state index contributed by atoms with van der Waals surface area (Å²) in [6, 6.07) is 7.36. The Morgan fingerprint density at radius 1 is 1.22 bits per heavy atom. The van der Waals surface area contributed by atoms with E-state index >= 15 is 0 Å². The van der Waals surface area contributed by atoms with Gasteiger partial charge in [0.15, 0.2) is 0 Å². The fourth-order valence-corrected chi connectivity index (χ4v) is 2.55. The molecule has 1 aromatic carbocycles. The topological polar surface area (TPSA) is 90.2 Å². The summed E-state index contributed by atoms with van der Waals surface area (Å²) < 4.78 is 6.91. The smallest absolute Gasteiger partial charge is 0.326 e. The number of benzene rings is 1. The van der Waals surface area contributed by atoms with Crippen LogP contribution in [0.3, 0.4) is 0 Å². The van der Waals surface area contributed by atoms with Crippen molar-refractivity contribution in [3.05, 3.63) is 36.2 Å². The minimum atomic E-state index is -0.576. The van der Waals surface area contributed by atoms with Crippen LogP contribution in [-0.2, 0) is 20.7 Å². The summed E-state index contributed by atoms with van der Waals surface area (Å²) >= 11 is 0. The van der Waals surface area contributed by atoms with Crippen molar-refractivity contribution in [3.63, 3.8) is 0 Å². The van der Waals surface area contributed by atoms with E-state index in [4.69, 9.17) is 4.74 Å². The van der Waals surface area contributed by atoms with Gasteiger partial charge < -0.3 is 9.64 Å². The highest BCUT2D eigenvalue weighted by atomic mass is 16.6. The highest BCUT2D eigenvalue weighted by Crippen LogP contribution is 2.13. The number of ether oxygens (including phenoxy) is 1. The molecule has 0 bridgehead atoms. The lowest BCUT2D eigenvalue weighted by Gasteiger charge is -2.29. The summed E-state index contributed by atoms with van der Waals surface area (Å²) in [5, 5.41) is 11.0. The maximum absolute atomic E-state index is 12.8. The van der Waals surface area contributed by atoms with Gasteiger partial charge in [-0.15, -0.1) is 5.10 Å². The summed E-state index contributed by atoms with van der Waals surface area (Å²) in [5.74, 6) is -0.504. The zero-order chi connectivity index (χ0) is 20.0. The van der Waals surface area contributed by atoms with Gasteiger partial charge in [-0.25, -0.2) is 4.68 Å². The second-order valence-electron chi connectivity index (χ2n) is 7.46.